The van der Waals surface area contributed by atoms with Crippen LogP contribution in [0.2, 0.25) is 0 Å². The van der Waals surface area contributed by atoms with Crippen molar-refractivity contribution in [1.29, 1.82) is 0 Å². The summed E-state index contributed by atoms with van der Waals surface area (Å²) in [4.78, 5) is 0. The number of hydrazone groups is 1. The molecular weight excluding hydrogens is 239 g/mol. The molecule has 1 atom stereocenters. The Morgan fingerprint density at radius 1 is 1.00 bits per heavy atom. The van der Waals surface area contributed by atoms with Gasteiger partial charge in [0.1, 0.15) is 5.82 Å². The van der Waals surface area contributed by atoms with Crippen molar-refractivity contribution in [2.24, 2.45) is 5.10 Å². The number of rotatable bonds is 2. The number of halogens is 1. The Morgan fingerprint density at radius 3 is 2.47 bits per heavy atom. The maximum Gasteiger partial charge on any atom is 0.123 e. The zero-order chi connectivity index (χ0) is 13.1. The fraction of sp³-hybridized carbons (Fsp3) is 0.188. The van der Waals surface area contributed by atoms with Crippen LogP contribution in [-0.2, 0) is 0 Å². The van der Waals surface area contributed by atoms with Crippen LogP contribution < -0.4 is 5.43 Å². The van der Waals surface area contributed by atoms with Gasteiger partial charge in [0, 0.05) is 12.5 Å². The molecule has 3 rings (SSSR count). The third-order valence-corrected chi connectivity index (χ3v) is 3.42. The number of nitrogens with zero attached hydrogens (tertiary/aromatic N) is 1. The van der Waals surface area contributed by atoms with E-state index in [9.17, 15) is 4.39 Å². The first-order valence-corrected chi connectivity index (χ1v) is 6.46. The molecule has 0 aliphatic carbocycles. The second kappa shape index (κ2) is 5.22. The molecule has 2 aromatic carbocycles. The van der Waals surface area contributed by atoms with Gasteiger partial charge in [0.15, 0.2) is 0 Å². The Balaban J connectivity index is 1.98. The van der Waals surface area contributed by atoms with Crippen molar-refractivity contribution in [2.45, 2.75) is 12.3 Å². The molecule has 0 amide bonds. The van der Waals surface area contributed by atoms with E-state index >= 15 is 0 Å². The van der Waals surface area contributed by atoms with E-state index in [2.05, 4.69) is 22.7 Å². The molecule has 0 radical (unpaired) electrons. The summed E-state index contributed by atoms with van der Waals surface area (Å²) in [5.74, 6) is 0.0530. The summed E-state index contributed by atoms with van der Waals surface area (Å²) in [7, 11) is 0. The number of benzene rings is 2. The smallest absolute Gasteiger partial charge is 0.123 e. The first-order valence-electron chi connectivity index (χ1n) is 6.46. The molecule has 1 N–H and O–H groups in total. The summed E-state index contributed by atoms with van der Waals surface area (Å²) >= 11 is 0. The highest BCUT2D eigenvalue weighted by molar-refractivity contribution is 6.05. The van der Waals surface area contributed by atoms with Crippen LogP contribution in [0, 0.1) is 5.82 Å². The number of nitrogens with one attached hydrogen (secondary N) is 1. The van der Waals surface area contributed by atoms with Gasteiger partial charge in [-0.2, -0.15) is 5.10 Å². The maximum absolute atomic E-state index is 13.0. The van der Waals surface area contributed by atoms with Gasteiger partial charge in [0.25, 0.3) is 0 Å². The molecule has 96 valence electrons. The van der Waals surface area contributed by atoms with E-state index in [1.165, 1.54) is 17.7 Å². The summed E-state index contributed by atoms with van der Waals surface area (Å²) < 4.78 is 13.0. The summed E-state index contributed by atoms with van der Waals surface area (Å²) in [6.07, 6.45) is 1.00. The van der Waals surface area contributed by atoms with E-state index in [0.717, 1.165) is 24.2 Å². The zero-order valence-corrected chi connectivity index (χ0v) is 10.5. The van der Waals surface area contributed by atoms with Crippen LogP contribution in [0.4, 0.5) is 4.39 Å². The topological polar surface area (TPSA) is 24.4 Å². The number of hydrogen-bond acceptors (Lipinski definition) is 2. The van der Waals surface area contributed by atoms with Gasteiger partial charge in [-0.1, -0.05) is 42.5 Å². The minimum absolute atomic E-state index is 0.218. The van der Waals surface area contributed by atoms with Crippen LogP contribution in [0.1, 0.15) is 23.5 Å². The van der Waals surface area contributed by atoms with Crippen molar-refractivity contribution in [3.63, 3.8) is 0 Å². The second-order valence-corrected chi connectivity index (χ2v) is 4.66. The molecule has 0 aromatic heterocycles. The van der Waals surface area contributed by atoms with E-state index in [1.54, 1.807) is 12.1 Å². The predicted octanol–water partition coefficient (Wildman–Crippen LogP) is 3.31. The van der Waals surface area contributed by atoms with Gasteiger partial charge in [-0.15, -0.1) is 0 Å². The summed E-state index contributed by atoms with van der Waals surface area (Å²) in [6, 6.07) is 16.9. The molecule has 19 heavy (non-hydrogen) atoms. The lowest BCUT2D eigenvalue weighted by Crippen LogP contribution is -2.27. The van der Waals surface area contributed by atoms with E-state index in [-0.39, 0.29) is 11.7 Å². The molecular formula is C16H15FN2. The molecule has 3 heteroatoms. The van der Waals surface area contributed by atoms with Crippen LogP contribution >= 0.6 is 0 Å². The molecule has 1 unspecified atom stereocenters. The SMILES string of the molecule is Fc1ccc(C2=NNCCC2c2ccccc2)cc1. The van der Waals surface area contributed by atoms with Crippen LogP contribution in [0.25, 0.3) is 0 Å². The predicted molar refractivity (Wildman–Crippen MR) is 74.7 cm³/mol. The molecule has 0 spiro atoms. The Morgan fingerprint density at radius 2 is 1.74 bits per heavy atom. The molecule has 2 aromatic rings. The van der Waals surface area contributed by atoms with Gasteiger partial charge in [-0.05, 0) is 29.7 Å². The molecule has 1 aliphatic rings. The fourth-order valence-corrected chi connectivity index (χ4v) is 2.46. The molecule has 0 bridgehead atoms. The molecule has 0 fully saturated rings. The Bertz CT molecular complexity index is 575. The van der Waals surface area contributed by atoms with Crippen molar-refractivity contribution in [3.05, 3.63) is 71.5 Å². The monoisotopic (exact) mass is 254 g/mol. The Kier molecular flexibility index (Phi) is 3.27. The van der Waals surface area contributed by atoms with E-state index in [4.69, 9.17) is 0 Å². The van der Waals surface area contributed by atoms with Gasteiger partial charge >= 0.3 is 0 Å². The fourth-order valence-electron chi connectivity index (χ4n) is 2.46. The molecule has 1 heterocycles. The quantitative estimate of drug-likeness (QED) is 0.873. The largest absolute Gasteiger partial charge is 0.310 e. The molecule has 0 saturated heterocycles. The summed E-state index contributed by atoms with van der Waals surface area (Å²) in [5, 5.41) is 4.43. The van der Waals surface area contributed by atoms with Crippen molar-refractivity contribution in [3.8, 4) is 0 Å². The average molecular weight is 254 g/mol. The summed E-state index contributed by atoms with van der Waals surface area (Å²) in [5.41, 5.74) is 6.26. The summed E-state index contributed by atoms with van der Waals surface area (Å²) in [6.45, 7) is 0.865. The lowest BCUT2D eigenvalue weighted by molar-refractivity contribution is 0.616. The number of hydrogen-bond donors (Lipinski definition) is 1. The van der Waals surface area contributed by atoms with Crippen molar-refractivity contribution < 1.29 is 4.39 Å². The lowest BCUT2D eigenvalue weighted by Gasteiger charge is -2.24. The van der Waals surface area contributed by atoms with Crippen LogP contribution in [0.3, 0.4) is 0 Å². The Labute approximate surface area is 112 Å². The Hall–Kier alpha value is -2.16. The van der Waals surface area contributed by atoms with Gasteiger partial charge in [-0.25, -0.2) is 4.39 Å². The minimum Gasteiger partial charge on any atom is -0.310 e. The standard InChI is InChI=1S/C16H15FN2/c17-14-8-6-13(7-9-14)16-15(10-11-18-19-16)12-4-2-1-3-5-12/h1-9,15,18H,10-11H2. The normalized spacial score (nSPS) is 18.6. The highest BCUT2D eigenvalue weighted by Crippen LogP contribution is 2.26. The average Bonchev–Trinajstić information content (AvgIpc) is 2.49. The van der Waals surface area contributed by atoms with E-state index in [0.29, 0.717) is 0 Å². The van der Waals surface area contributed by atoms with Gasteiger partial charge in [0.2, 0.25) is 0 Å². The van der Waals surface area contributed by atoms with Crippen LogP contribution in [0.15, 0.2) is 59.7 Å². The highest BCUT2D eigenvalue weighted by Gasteiger charge is 2.22. The maximum atomic E-state index is 13.0. The van der Waals surface area contributed by atoms with Crippen LogP contribution in [-0.4, -0.2) is 12.3 Å². The van der Waals surface area contributed by atoms with Gasteiger partial charge in [0.05, 0.1) is 5.71 Å². The van der Waals surface area contributed by atoms with E-state index in [1.807, 2.05) is 18.2 Å². The molecule has 1 aliphatic heterocycles. The van der Waals surface area contributed by atoms with E-state index < -0.39 is 0 Å². The zero-order valence-electron chi connectivity index (χ0n) is 10.5. The second-order valence-electron chi connectivity index (χ2n) is 4.66. The lowest BCUT2D eigenvalue weighted by atomic mass is 9.86. The van der Waals surface area contributed by atoms with Gasteiger partial charge in [-0.3, -0.25) is 0 Å². The molecule has 0 saturated carbocycles. The van der Waals surface area contributed by atoms with Crippen molar-refractivity contribution >= 4 is 5.71 Å². The van der Waals surface area contributed by atoms with Crippen molar-refractivity contribution in [2.75, 3.05) is 6.54 Å². The minimum atomic E-state index is -0.218. The first kappa shape index (κ1) is 11.9. The molecule has 2 nitrogen and oxygen atoms in total. The van der Waals surface area contributed by atoms with Gasteiger partial charge < -0.3 is 5.43 Å². The van der Waals surface area contributed by atoms with Crippen molar-refractivity contribution in [1.82, 2.24) is 5.43 Å². The highest BCUT2D eigenvalue weighted by atomic mass is 19.1. The third-order valence-electron chi connectivity index (χ3n) is 3.42. The third kappa shape index (κ3) is 2.50. The van der Waals surface area contributed by atoms with Crippen LogP contribution in [0.5, 0.6) is 0 Å². The first-order chi connectivity index (χ1) is 9.34.